The minimum atomic E-state index is 1.16. The highest BCUT2D eigenvalue weighted by molar-refractivity contribution is 5.70. The van der Waals surface area contributed by atoms with Crippen molar-refractivity contribution in [1.82, 2.24) is 0 Å². The topological polar surface area (TPSA) is 3.88 Å². The highest BCUT2D eigenvalue weighted by Crippen LogP contribution is 2.25. The Morgan fingerprint density at radius 2 is 1.57 bits per heavy atom. The van der Waals surface area contributed by atoms with Gasteiger partial charge in [-0.05, 0) is 36.3 Å². The molecule has 0 radical (unpaired) electrons. The number of benzene rings is 2. The van der Waals surface area contributed by atoms with Crippen LogP contribution in [0.15, 0.2) is 79.5 Å². The van der Waals surface area contributed by atoms with Gasteiger partial charge in [0.05, 0.1) is 0 Å². The molecular formula is C20H18N+. The molecule has 3 aromatic rings. The number of aryl methyl sites for hydroxylation is 1. The zero-order chi connectivity index (χ0) is 14.7. The molecule has 0 saturated carbocycles. The van der Waals surface area contributed by atoms with Crippen LogP contribution in [0, 0.1) is 6.92 Å². The largest absolute Gasteiger partial charge is 0.218 e. The zero-order valence-corrected chi connectivity index (χ0v) is 12.2. The smallest absolute Gasteiger partial charge is 0.167 e. The first-order valence-electron chi connectivity index (χ1n) is 7.09. The fourth-order valence-electron chi connectivity index (χ4n) is 2.56. The van der Waals surface area contributed by atoms with Gasteiger partial charge in [-0.2, -0.15) is 4.57 Å². The lowest BCUT2D eigenvalue weighted by molar-refractivity contribution is -0.555. The fraction of sp³-hybridized carbons (Fsp3) is 0.0500. The van der Waals surface area contributed by atoms with Crippen molar-refractivity contribution in [2.24, 2.45) is 0 Å². The monoisotopic (exact) mass is 272 g/mol. The number of aromatic nitrogens is 1. The van der Waals surface area contributed by atoms with Gasteiger partial charge >= 0.3 is 0 Å². The van der Waals surface area contributed by atoms with Crippen molar-refractivity contribution in [3.05, 3.63) is 85.1 Å². The van der Waals surface area contributed by atoms with Gasteiger partial charge in [0.25, 0.3) is 0 Å². The molecule has 1 heterocycles. The first-order valence-corrected chi connectivity index (χ1v) is 7.09. The van der Waals surface area contributed by atoms with Gasteiger partial charge in [0.15, 0.2) is 12.4 Å². The van der Waals surface area contributed by atoms with Crippen LogP contribution in [0.4, 0.5) is 0 Å². The average molecular weight is 272 g/mol. The predicted octanol–water partition coefficient (Wildman–Crippen LogP) is 4.72. The van der Waals surface area contributed by atoms with Crippen LogP contribution in [0.25, 0.3) is 28.6 Å². The SMILES string of the molecule is C=C[n+]1ccc(-c2ccccc2)cc1-c1ccccc1C. The van der Waals surface area contributed by atoms with E-state index in [0.717, 1.165) is 5.69 Å². The molecule has 102 valence electrons. The second-order valence-electron chi connectivity index (χ2n) is 5.07. The number of hydrogen-bond acceptors (Lipinski definition) is 0. The first-order chi connectivity index (χ1) is 10.3. The molecular weight excluding hydrogens is 254 g/mol. The molecule has 0 unspecified atom stereocenters. The van der Waals surface area contributed by atoms with Crippen molar-refractivity contribution >= 4 is 6.20 Å². The summed E-state index contributed by atoms with van der Waals surface area (Å²) in [6, 6.07) is 23.2. The van der Waals surface area contributed by atoms with E-state index >= 15 is 0 Å². The summed E-state index contributed by atoms with van der Waals surface area (Å²) in [7, 11) is 0. The normalized spacial score (nSPS) is 10.3. The van der Waals surface area contributed by atoms with E-state index in [1.807, 2.05) is 12.3 Å². The van der Waals surface area contributed by atoms with E-state index in [1.54, 1.807) is 0 Å². The molecule has 0 fully saturated rings. The van der Waals surface area contributed by atoms with Crippen molar-refractivity contribution in [2.45, 2.75) is 6.92 Å². The number of pyridine rings is 1. The summed E-state index contributed by atoms with van der Waals surface area (Å²) in [6.07, 6.45) is 3.91. The summed E-state index contributed by atoms with van der Waals surface area (Å²) in [5.74, 6) is 0. The molecule has 0 aliphatic heterocycles. The third kappa shape index (κ3) is 2.63. The van der Waals surface area contributed by atoms with Crippen molar-refractivity contribution in [3.8, 4) is 22.4 Å². The van der Waals surface area contributed by atoms with Gasteiger partial charge in [-0.1, -0.05) is 48.5 Å². The molecule has 0 amide bonds. The summed E-state index contributed by atoms with van der Waals surface area (Å²) >= 11 is 0. The number of nitrogens with zero attached hydrogens (tertiary/aromatic N) is 1. The van der Waals surface area contributed by atoms with Gasteiger partial charge in [-0.15, -0.1) is 0 Å². The van der Waals surface area contributed by atoms with Gasteiger partial charge in [0, 0.05) is 17.7 Å². The molecule has 0 saturated heterocycles. The standard InChI is InChI=1S/C20H18N/c1-3-21-14-13-18(17-10-5-4-6-11-17)15-20(21)19-12-8-7-9-16(19)2/h3-15H,1H2,2H3/q+1. The van der Waals surface area contributed by atoms with Crippen LogP contribution in [-0.2, 0) is 0 Å². The van der Waals surface area contributed by atoms with Crippen LogP contribution in [0.3, 0.4) is 0 Å². The molecule has 0 spiro atoms. The van der Waals surface area contributed by atoms with E-state index in [9.17, 15) is 0 Å². The van der Waals surface area contributed by atoms with E-state index in [0.29, 0.717) is 0 Å². The summed E-state index contributed by atoms with van der Waals surface area (Å²) in [4.78, 5) is 0. The minimum absolute atomic E-state index is 1.16. The Morgan fingerprint density at radius 3 is 2.29 bits per heavy atom. The zero-order valence-electron chi connectivity index (χ0n) is 12.2. The third-order valence-corrected chi connectivity index (χ3v) is 3.71. The maximum absolute atomic E-state index is 3.91. The average Bonchev–Trinajstić information content (AvgIpc) is 2.55. The Kier molecular flexibility index (Phi) is 3.65. The number of hydrogen-bond donors (Lipinski definition) is 0. The van der Waals surface area contributed by atoms with E-state index in [4.69, 9.17) is 0 Å². The minimum Gasteiger partial charge on any atom is -0.167 e. The van der Waals surface area contributed by atoms with E-state index in [-0.39, 0.29) is 0 Å². The highest BCUT2D eigenvalue weighted by atomic mass is 14.9. The Labute approximate surface area is 125 Å². The predicted molar refractivity (Wildman–Crippen MR) is 88.6 cm³/mol. The summed E-state index contributed by atoms with van der Waals surface area (Å²) in [6.45, 7) is 6.05. The van der Waals surface area contributed by atoms with Crippen molar-refractivity contribution in [3.63, 3.8) is 0 Å². The van der Waals surface area contributed by atoms with Crippen molar-refractivity contribution in [2.75, 3.05) is 0 Å². The lowest BCUT2D eigenvalue weighted by Gasteiger charge is -2.06. The van der Waals surface area contributed by atoms with Gasteiger partial charge in [-0.25, -0.2) is 0 Å². The van der Waals surface area contributed by atoms with Gasteiger partial charge in [0.2, 0.25) is 5.69 Å². The highest BCUT2D eigenvalue weighted by Gasteiger charge is 2.14. The molecule has 0 atom stereocenters. The van der Waals surface area contributed by atoms with Gasteiger partial charge in [-0.3, -0.25) is 0 Å². The maximum atomic E-state index is 3.91. The van der Waals surface area contributed by atoms with E-state index in [1.165, 1.54) is 22.3 Å². The van der Waals surface area contributed by atoms with Crippen LogP contribution < -0.4 is 4.57 Å². The fourth-order valence-corrected chi connectivity index (χ4v) is 2.56. The molecule has 0 bridgehead atoms. The molecule has 2 aromatic carbocycles. The Hall–Kier alpha value is -2.67. The third-order valence-electron chi connectivity index (χ3n) is 3.71. The van der Waals surface area contributed by atoms with Crippen molar-refractivity contribution in [1.29, 1.82) is 0 Å². The molecule has 0 N–H and O–H groups in total. The van der Waals surface area contributed by atoms with Crippen LogP contribution in [-0.4, -0.2) is 0 Å². The Balaban J connectivity index is 2.19. The lowest BCUT2D eigenvalue weighted by atomic mass is 10.0. The first kappa shape index (κ1) is 13.3. The summed E-state index contributed by atoms with van der Waals surface area (Å²) in [5, 5.41) is 0. The van der Waals surface area contributed by atoms with E-state index in [2.05, 4.69) is 84.9 Å². The van der Waals surface area contributed by atoms with Crippen LogP contribution in [0.1, 0.15) is 5.56 Å². The second kappa shape index (κ2) is 5.76. The molecule has 0 aliphatic rings. The molecule has 1 heteroatoms. The molecule has 1 nitrogen and oxygen atoms in total. The van der Waals surface area contributed by atoms with Crippen LogP contribution in [0.5, 0.6) is 0 Å². The Morgan fingerprint density at radius 1 is 0.857 bits per heavy atom. The second-order valence-corrected chi connectivity index (χ2v) is 5.07. The number of rotatable bonds is 3. The summed E-state index contributed by atoms with van der Waals surface area (Å²) < 4.78 is 2.06. The molecule has 1 aromatic heterocycles. The molecule has 0 aliphatic carbocycles. The molecule has 3 rings (SSSR count). The van der Waals surface area contributed by atoms with Crippen LogP contribution >= 0.6 is 0 Å². The lowest BCUT2D eigenvalue weighted by Crippen LogP contribution is -2.28. The van der Waals surface area contributed by atoms with Crippen LogP contribution in [0.2, 0.25) is 0 Å². The Bertz CT molecular complexity index is 773. The quantitative estimate of drug-likeness (QED) is 0.608. The van der Waals surface area contributed by atoms with Crippen molar-refractivity contribution < 1.29 is 4.57 Å². The van der Waals surface area contributed by atoms with Gasteiger partial charge < -0.3 is 0 Å². The maximum Gasteiger partial charge on any atom is 0.218 e. The van der Waals surface area contributed by atoms with E-state index < -0.39 is 0 Å². The summed E-state index contributed by atoms with van der Waals surface area (Å²) in [5.41, 5.74) is 6.09. The molecule has 21 heavy (non-hydrogen) atoms. The van der Waals surface area contributed by atoms with Gasteiger partial charge in [0.1, 0.15) is 0 Å².